The van der Waals surface area contributed by atoms with Crippen LogP contribution in [-0.2, 0) is 4.74 Å². The predicted molar refractivity (Wildman–Crippen MR) is 108 cm³/mol. The van der Waals surface area contributed by atoms with Crippen molar-refractivity contribution in [3.05, 3.63) is 53.5 Å². The monoisotopic (exact) mass is 381 g/mol. The summed E-state index contributed by atoms with van der Waals surface area (Å²) in [5.74, 6) is 0.504. The summed E-state index contributed by atoms with van der Waals surface area (Å²) in [4.78, 5) is 28.2. The lowest BCUT2D eigenvalue weighted by Crippen LogP contribution is -2.22. The van der Waals surface area contributed by atoms with E-state index in [0.29, 0.717) is 23.6 Å². The standard InChI is InChI=1S/C20H23N5O3/c1-5-21-19(26)15-11-25-9-8-22-18(17(25)13(15)3)24-16-10-14(7-6-12(16)2)23-20(27)28-4/h6-11H,5H2,1-4H3,(H,21,26)(H,22,24)(H,23,27). The molecule has 8 heteroatoms. The molecule has 3 rings (SSSR count). The molecule has 0 radical (unpaired) electrons. The largest absolute Gasteiger partial charge is 0.453 e. The van der Waals surface area contributed by atoms with Crippen molar-refractivity contribution >= 4 is 34.7 Å². The van der Waals surface area contributed by atoms with E-state index in [9.17, 15) is 9.59 Å². The molecule has 0 unspecified atom stereocenters. The first-order valence-corrected chi connectivity index (χ1v) is 8.91. The average molecular weight is 381 g/mol. The van der Waals surface area contributed by atoms with Gasteiger partial charge in [-0.25, -0.2) is 9.78 Å². The average Bonchev–Trinajstić information content (AvgIpc) is 3.02. The number of hydrogen-bond acceptors (Lipinski definition) is 5. The number of nitrogens with zero attached hydrogens (tertiary/aromatic N) is 2. The zero-order chi connectivity index (χ0) is 20.3. The van der Waals surface area contributed by atoms with E-state index in [4.69, 9.17) is 0 Å². The van der Waals surface area contributed by atoms with Gasteiger partial charge in [0.2, 0.25) is 0 Å². The van der Waals surface area contributed by atoms with Gasteiger partial charge < -0.3 is 19.8 Å². The van der Waals surface area contributed by atoms with Gasteiger partial charge in [-0.3, -0.25) is 10.1 Å². The molecule has 0 aliphatic carbocycles. The Balaban J connectivity index is 2.00. The molecule has 3 aromatic rings. The molecule has 0 saturated carbocycles. The SMILES string of the molecule is CCNC(=O)c1cn2ccnc(Nc3cc(NC(=O)OC)ccc3C)c2c1C. The van der Waals surface area contributed by atoms with E-state index in [1.165, 1.54) is 7.11 Å². The Bertz CT molecular complexity index is 1040. The molecule has 2 heterocycles. The Morgan fingerprint density at radius 1 is 1.25 bits per heavy atom. The molecular formula is C20H23N5O3. The second-order valence-electron chi connectivity index (χ2n) is 6.33. The summed E-state index contributed by atoms with van der Waals surface area (Å²) in [6, 6.07) is 5.49. The lowest BCUT2D eigenvalue weighted by atomic mass is 10.1. The first-order valence-electron chi connectivity index (χ1n) is 8.91. The van der Waals surface area contributed by atoms with Crippen molar-refractivity contribution in [2.24, 2.45) is 0 Å². The van der Waals surface area contributed by atoms with Crippen LogP contribution in [0.4, 0.5) is 22.0 Å². The van der Waals surface area contributed by atoms with E-state index in [0.717, 1.165) is 22.3 Å². The van der Waals surface area contributed by atoms with Crippen LogP contribution in [-0.4, -0.2) is 35.0 Å². The van der Waals surface area contributed by atoms with Crippen molar-refractivity contribution < 1.29 is 14.3 Å². The normalized spacial score (nSPS) is 10.6. The zero-order valence-corrected chi connectivity index (χ0v) is 16.3. The topological polar surface area (TPSA) is 96.8 Å². The quantitative estimate of drug-likeness (QED) is 0.627. The van der Waals surface area contributed by atoms with E-state index in [1.807, 2.05) is 31.2 Å². The Morgan fingerprint density at radius 3 is 2.75 bits per heavy atom. The highest BCUT2D eigenvalue weighted by atomic mass is 16.5. The minimum atomic E-state index is -0.538. The molecule has 2 amide bonds. The van der Waals surface area contributed by atoms with Gasteiger partial charge in [0.1, 0.15) is 0 Å². The number of hydrogen-bond donors (Lipinski definition) is 3. The highest BCUT2D eigenvalue weighted by molar-refractivity contribution is 5.99. The number of ether oxygens (including phenoxy) is 1. The number of fused-ring (bicyclic) bond motifs is 1. The molecule has 0 atom stereocenters. The van der Waals surface area contributed by atoms with Gasteiger partial charge in [-0.1, -0.05) is 6.07 Å². The maximum Gasteiger partial charge on any atom is 0.411 e. The van der Waals surface area contributed by atoms with Gasteiger partial charge in [-0.15, -0.1) is 0 Å². The zero-order valence-electron chi connectivity index (χ0n) is 16.3. The summed E-state index contributed by atoms with van der Waals surface area (Å²) in [7, 11) is 1.31. The first kappa shape index (κ1) is 19.2. The van der Waals surface area contributed by atoms with Gasteiger partial charge in [0.25, 0.3) is 5.91 Å². The summed E-state index contributed by atoms with van der Waals surface area (Å²) < 4.78 is 6.51. The molecule has 0 saturated heterocycles. The molecule has 3 N–H and O–H groups in total. The van der Waals surface area contributed by atoms with Crippen LogP contribution in [0.2, 0.25) is 0 Å². The molecule has 0 spiro atoms. The lowest BCUT2D eigenvalue weighted by Gasteiger charge is -2.13. The van der Waals surface area contributed by atoms with Crippen LogP contribution in [0.1, 0.15) is 28.4 Å². The smallest absolute Gasteiger partial charge is 0.411 e. The van der Waals surface area contributed by atoms with E-state index in [1.54, 1.807) is 30.7 Å². The Kier molecular flexibility index (Phi) is 5.49. The highest BCUT2D eigenvalue weighted by Gasteiger charge is 2.17. The van der Waals surface area contributed by atoms with Crippen LogP contribution in [0.15, 0.2) is 36.8 Å². The molecule has 28 heavy (non-hydrogen) atoms. The third kappa shape index (κ3) is 3.75. The maximum absolute atomic E-state index is 12.3. The minimum Gasteiger partial charge on any atom is -0.453 e. The summed E-state index contributed by atoms with van der Waals surface area (Å²) in [6.07, 6.45) is 4.73. The van der Waals surface area contributed by atoms with E-state index in [-0.39, 0.29) is 5.91 Å². The third-order valence-corrected chi connectivity index (χ3v) is 4.45. The number of aromatic nitrogens is 2. The molecule has 0 aliphatic heterocycles. The van der Waals surface area contributed by atoms with Gasteiger partial charge in [0.15, 0.2) is 5.82 Å². The molecule has 0 aliphatic rings. The third-order valence-electron chi connectivity index (χ3n) is 4.45. The Labute approximate surface area is 162 Å². The number of carbonyl (C=O) groups excluding carboxylic acids is 2. The number of aryl methyl sites for hydroxylation is 2. The Morgan fingerprint density at radius 2 is 2.04 bits per heavy atom. The van der Waals surface area contributed by atoms with Gasteiger partial charge in [-0.05, 0) is 44.0 Å². The van der Waals surface area contributed by atoms with Crippen molar-refractivity contribution in [2.75, 3.05) is 24.3 Å². The van der Waals surface area contributed by atoms with Crippen LogP contribution in [0.3, 0.4) is 0 Å². The number of amides is 2. The lowest BCUT2D eigenvalue weighted by molar-refractivity contribution is 0.0955. The number of methoxy groups -OCH3 is 1. The molecule has 8 nitrogen and oxygen atoms in total. The summed E-state index contributed by atoms with van der Waals surface area (Å²) in [5, 5.41) is 8.79. The van der Waals surface area contributed by atoms with Gasteiger partial charge in [-0.2, -0.15) is 0 Å². The summed E-state index contributed by atoms with van der Waals surface area (Å²) >= 11 is 0. The summed E-state index contributed by atoms with van der Waals surface area (Å²) in [6.45, 7) is 6.30. The molecular weight excluding hydrogens is 358 g/mol. The van der Waals surface area contributed by atoms with Crippen LogP contribution < -0.4 is 16.0 Å². The van der Waals surface area contributed by atoms with Gasteiger partial charge >= 0.3 is 6.09 Å². The van der Waals surface area contributed by atoms with Gasteiger partial charge in [0.05, 0.1) is 18.2 Å². The number of carbonyl (C=O) groups is 2. The number of nitrogens with one attached hydrogen (secondary N) is 3. The van der Waals surface area contributed by atoms with Gasteiger partial charge in [0, 0.05) is 36.5 Å². The van der Waals surface area contributed by atoms with E-state index in [2.05, 4.69) is 25.7 Å². The van der Waals surface area contributed by atoms with Crippen molar-refractivity contribution in [3.8, 4) is 0 Å². The predicted octanol–water partition coefficient (Wildman–Crippen LogP) is 3.62. The van der Waals surface area contributed by atoms with E-state index < -0.39 is 6.09 Å². The molecule has 2 aromatic heterocycles. The van der Waals surface area contributed by atoms with Crippen molar-refractivity contribution in [1.29, 1.82) is 0 Å². The molecule has 146 valence electrons. The second-order valence-corrected chi connectivity index (χ2v) is 6.33. The molecule has 1 aromatic carbocycles. The van der Waals surface area contributed by atoms with Crippen LogP contribution in [0, 0.1) is 13.8 Å². The maximum atomic E-state index is 12.3. The van der Waals surface area contributed by atoms with Crippen molar-refractivity contribution in [1.82, 2.24) is 14.7 Å². The highest BCUT2D eigenvalue weighted by Crippen LogP contribution is 2.29. The number of benzene rings is 1. The second kappa shape index (κ2) is 7.99. The van der Waals surface area contributed by atoms with Crippen LogP contribution >= 0.6 is 0 Å². The number of rotatable bonds is 5. The van der Waals surface area contributed by atoms with Crippen LogP contribution in [0.5, 0.6) is 0 Å². The molecule has 0 bridgehead atoms. The minimum absolute atomic E-state index is 0.116. The van der Waals surface area contributed by atoms with Crippen LogP contribution in [0.25, 0.3) is 5.52 Å². The fraction of sp³-hybridized carbons (Fsp3) is 0.250. The summed E-state index contributed by atoms with van der Waals surface area (Å²) in [5.41, 5.74) is 4.62. The molecule has 0 fully saturated rings. The first-order chi connectivity index (χ1) is 13.4. The number of anilines is 3. The Hall–Kier alpha value is -3.55. The van der Waals surface area contributed by atoms with Crippen molar-refractivity contribution in [2.45, 2.75) is 20.8 Å². The van der Waals surface area contributed by atoms with E-state index >= 15 is 0 Å². The fourth-order valence-corrected chi connectivity index (χ4v) is 2.99. The fourth-order valence-electron chi connectivity index (χ4n) is 2.99. The van der Waals surface area contributed by atoms with Crippen molar-refractivity contribution in [3.63, 3.8) is 0 Å².